The molecule has 1 aliphatic carbocycles. The van der Waals surface area contributed by atoms with Gasteiger partial charge in [-0.15, -0.1) is 12.4 Å². The molecule has 5 nitrogen and oxygen atoms in total. The number of nitrogens with one attached hydrogen (secondary N) is 1. The lowest BCUT2D eigenvalue weighted by Crippen LogP contribution is -2.46. The fourth-order valence-corrected chi connectivity index (χ4v) is 3.13. The minimum absolute atomic E-state index is 0. The average molecular weight is 370 g/mol. The Kier molecular flexibility index (Phi) is 10.2. The summed E-state index contributed by atoms with van der Waals surface area (Å²) < 4.78 is 10.4. The van der Waals surface area contributed by atoms with E-state index < -0.39 is 6.04 Å². The van der Waals surface area contributed by atoms with Crippen LogP contribution in [0.1, 0.15) is 44.6 Å². The van der Waals surface area contributed by atoms with Crippen LogP contribution in [0.5, 0.6) is 0 Å². The normalized spacial score (nSPS) is 15.7. The monoisotopic (exact) mass is 369 g/mol. The van der Waals surface area contributed by atoms with E-state index in [1.165, 1.54) is 6.42 Å². The van der Waals surface area contributed by atoms with Crippen LogP contribution < -0.4 is 5.32 Å². The lowest BCUT2D eigenvalue weighted by atomic mass is 9.84. The number of hydrogen-bond donors (Lipinski definition) is 1. The molecule has 1 aromatic rings. The molecule has 2 rings (SSSR count). The van der Waals surface area contributed by atoms with Gasteiger partial charge in [0.05, 0.1) is 13.2 Å². The summed E-state index contributed by atoms with van der Waals surface area (Å²) in [6.07, 6.45) is 5.42. The summed E-state index contributed by atoms with van der Waals surface area (Å²) in [5.74, 6) is -0.402. The van der Waals surface area contributed by atoms with E-state index in [-0.39, 0.29) is 43.4 Å². The first-order valence-corrected chi connectivity index (χ1v) is 8.80. The van der Waals surface area contributed by atoms with Gasteiger partial charge in [-0.25, -0.2) is 0 Å². The quantitative estimate of drug-likeness (QED) is 0.712. The van der Waals surface area contributed by atoms with Crippen LogP contribution in [0.4, 0.5) is 0 Å². The van der Waals surface area contributed by atoms with E-state index in [9.17, 15) is 9.59 Å². The molecule has 0 spiro atoms. The Balaban J connectivity index is 0.00000312. The van der Waals surface area contributed by atoms with Crippen LogP contribution in [0.15, 0.2) is 30.3 Å². The Labute approximate surface area is 155 Å². The third-order valence-electron chi connectivity index (χ3n) is 4.37. The van der Waals surface area contributed by atoms with Crippen molar-refractivity contribution < 1.29 is 19.1 Å². The van der Waals surface area contributed by atoms with Crippen LogP contribution in [-0.4, -0.2) is 31.1 Å². The molecule has 1 atom stereocenters. The number of esters is 2. The second kappa shape index (κ2) is 11.9. The minimum atomic E-state index is -0.446. The largest absolute Gasteiger partial charge is 0.465 e. The molecule has 25 heavy (non-hydrogen) atoms. The Morgan fingerprint density at radius 3 is 2.44 bits per heavy atom. The molecule has 1 fully saturated rings. The highest BCUT2D eigenvalue weighted by molar-refractivity contribution is 5.85. The standard InChI is InChI=1S/C19H27NO4.ClH/c1-2-23-17(21)13-20-18(16-11-7-4-8-12-16)19(22)24-14-15-9-5-3-6-10-15;/h3,5-6,9-10,16,18,20H,2,4,7-8,11-14H2,1H3;1H/t18-;/m1./s1. The molecule has 1 saturated carbocycles. The Hall–Kier alpha value is -1.59. The van der Waals surface area contributed by atoms with Crippen LogP contribution in [0.2, 0.25) is 0 Å². The minimum Gasteiger partial charge on any atom is -0.465 e. The van der Waals surface area contributed by atoms with Gasteiger partial charge in [0.25, 0.3) is 0 Å². The maximum absolute atomic E-state index is 12.5. The maximum Gasteiger partial charge on any atom is 0.323 e. The molecule has 140 valence electrons. The Bertz CT molecular complexity index is 517. The molecule has 6 heteroatoms. The topological polar surface area (TPSA) is 64.6 Å². The van der Waals surface area contributed by atoms with Crippen molar-refractivity contribution in [2.24, 2.45) is 5.92 Å². The van der Waals surface area contributed by atoms with Crippen molar-refractivity contribution >= 4 is 24.3 Å². The second-order valence-electron chi connectivity index (χ2n) is 6.15. The predicted molar refractivity (Wildman–Crippen MR) is 98.5 cm³/mol. The number of hydrogen-bond acceptors (Lipinski definition) is 5. The first kappa shape index (κ1) is 21.5. The van der Waals surface area contributed by atoms with Crippen molar-refractivity contribution in [1.82, 2.24) is 5.32 Å². The Morgan fingerprint density at radius 2 is 1.80 bits per heavy atom. The van der Waals surface area contributed by atoms with Gasteiger partial charge < -0.3 is 9.47 Å². The maximum atomic E-state index is 12.5. The van der Waals surface area contributed by atoms with Crippen molar-refractivity contribution in [2.75, 3.05) is 13.2 Å². The van der Waals surface area contributed by atoms with Crippen molar-refractivity contribution in [3.8, 4) is 0 Å². The van der Waals surface area contributed by atoms with Crippen molar-refractivity contribution in [2.45, 2.75) is 51.7 Å². The molecule has 0 saturated heterocycles. The molecule has 0 amide bonds. The SMILES string of the molecule is CCOC(=O)CN[C@@H](C(=O)OCc1ccccc1)C1CCCCC1.Cl. The highest BCUT2D eigenvalue weighted by atomic mass is 35.5. The number of halogens is 1. The van der Waals surface area contributed by atoms with Crippen molar-refractivity contribution in [1.29, 1.82) is 0 Å². The fourth-order valence-electron chi connectivity index (χ4n) is 3.13. The molecule has 0 radical (unpaired) electrons. The lowest BCUT2D eigenvalue weighted by Gasteiger charge is -2.29. The zero-order chi connectivity index (χ0) is 17.2. The molecule has 1 aliphatic rings. The predicted octanol–water partition coefficient (Wildman–Crippen LogP) is 3.25. The summed E-state index contributed by atoms with van der Waals surface area (Å²) in [4.78, 5) is 24.1. The van der Waals surface area contributed by atoms with Crippen LogP contribution in [0.25, 0.3) is 0 Å². The van der Waals surface area contributed by atoms with E-state index >= 15 is 0 Å². The van der Waals surface area contributed by atoms with E-state index in [0.29, 0.717) is 6.61 Å². The van der Waals surface area contributed by atoms with Crippen LogP contribution >= 0.6 is 12.4 Å². The van der Waals surface area contributed by atoms with E-state index in [4.69, 9.17) is 9.47 Å². The summed E-state index contributed by atoms with van der Waals surface area (Å²) in [6, 6.07) is 9.17. The molecular weight excluding hydrogens is 342 g/mol. The van der Waals surface area contributed by atoms with Gasteiger partial charge in [-0.2, -0.15) is 0 Å². The summed E-state index contributed by atoms with van der Waals surface area (Å²) in [6.45, 7) is 2.40. The summed E-state index contributed by atoms with van der Waals surface area (Å²) in [7, 11) is 0. The fraction of sp³-hybridized carbons (Fsp3) is 0.579. The van der Waals surface area contributed by atoms with Gasteiger partial charge in [0.15, 0.2) is 0 Å². The van der Waals surface area contributed by atoms with Gasteiger partial charge >= 0.3 is 11.9 Å². The molecule has 1 N–H and O–H groups in total. The zero-order valence-electron chi connectivity index (χ0n) is 14.7. The van der Waals surface area contributed by atoms with Crippen LogP contribution in [0, 0.1) is 5.92 Å². The Morgan fingerprint density at radius 1 is 1.12 bits per heavy atom. The summed E-state index contributed by atoms with van der Waals surface area (Å²) in [5.41, 5.74) is 0.957. The van der Waals surface area contributed by atoms with Crippen molar-refractivity contribution in [3.63, 3.8) is 0 Å². The summed E-state index contributed by atoms with van der Waals surface area (Å²) >= 11 is 0. The molecular formula is C19H28ClNO4. The molecule has 1 aromatic carbocycles. The number of ether oxygens (including phenoxy) is 2. The van der Waals surface area contributed by atoms with Gasteiger partial charge in [0.2, 0.25) is 0 Å². The van der Waals surface area contributed by atoms with Gasteiger partial charge in [-0.05, 0) is 31.2 Å². The third-order valence-corrected chi connectivity index (χ3v) is 4.37. The number of benzene rings is 1. The first-order valence-electron chi connectivity index (χ1n) is 8.80. The van der Waals surface area contributed by atoms with E-state index in [0.717, 1.165) is 31.2 Å². The van der Waals surface area contributed by atoms with E-state index in [1.807, 2.05) is 30.3 Å². The van der Waals surface area contributed by atoms with Crippen molar-refractivity contribution in [3.05, 3.63) is 35.9 Å². The van der Waals surface area contributed by atoms with Crippen LogP contribution in [-0.2, 0) is 25.7 Å². The number of carbonyl (C=O) groups is 2. The second-order valence-corrected chi connectivity index (χ2v) is 6.15. The highest BCUT2D eigenvalue weighted by Gasteiger charge is 2.31. The zero-order valence-corrected chi connectivity index (χ0v) is 15.6. The lowest BCUT2D eigenvalue weighted by molar-refractivity contribution is -0.150. The smallest absolute Gasteiger partial charge is 0.323 e. The van der Waals surface area contributed by atoms with Gasteiger partial charge in [-0.1, -0.05) is 49.6 Å². The first-order chi connectivity index (χ1) is 11.7. The number of carbonyl (C=O) groups excluding carboxylic acids is 2. The van der Waals surface area contributed by atoms with E-state index in [1.54, 1.807) is 6.92 Å². The molecule has 0 bridgehead atoms. The highest BCUT2D eigenvalue weighted by Crippen LogP contribution is 2.27. The van der Waals surface area contributed by atoms with Gasteiger partial charge in [0, 0.05) is 0 Å². The van der Waals surface area contributed by atoms with E-state index in [2.05, 4.69) is 5.32 Å². The van der Waals surface area contributed by atoms with Gasteiger partial charge in [0.1, 0.15) is 12.6 Å². The van der Waals surface area contributed by atoms with Crippen LogP contribution in [0.3, 0.4) is 0 Å². The molecule has 0 unspecified atom stereocenters. The third kappa shape index (κ3) is 7.45. The molecule has 0 aliphatic heterocycles. The molecule has 0 heterocycles. The van der Waals surface area contributed by atoms with Gasteiger partial charge in [-0.3, -0.25) is 14.9 Å². The average Bonchev–Trinajstić information content (AvgIpc) is 2.62. The molecule has 0 aromatic heterocycles. The summed E-state index contributed by atoms with van der Waals surface area (Å²) in [5, 5.41) is 3.06. The number of rotatable bonds is 8.